The Balaban J connectivity index is 1.59. The number of likely N-dealkylation sites (N-methyl/N-ethyl adjacent to an activating group) is 1. The Hall–Kier alpha value is -2.82. The molecule has 1 aliphatic rings. The molecule has 0 saturated heterocycles. The number of carbonyl (C=O) groups is 2. The molecule has 3 rings (SSSR count). The second-order valence-electron chi connectivity index (χ2n) is 7.17. The predicted molar refractivity (Wildman–Crippen MR) is 111 cm³/mol. The molecule has 148 valence electrons. The summed E-state index contributed by atoms with van der Waals surface area (Å²) in [6.07, 6.45) is 5.02. The quantitative estimate of drug-likeness (QED) is 0.798. The zero-order valence-electron chi connectivity index (χ0n) is 16.7. The minimum atomic E-state index is -0.214. The molecule has 2 amide bonds. The van der Waals surface area contributed by atoms with Crippen LogP contribution in [0.15, 0.2) is 42.5 Å². The fraction of sp³-hybridized carbons (Fsp3) is 0.391. The van der Waals surface area contributed by atoms with Gasteiger partial charge in [0.15, 0.2) is 0 Å². The number of anilines is 1. The molecule has 2 aromatic rings. The highest BCUT2D eigenvalue weighted by molar-refractivity contribution is 5.94. The van der Waals surface area contributed by atoms with Gasteiger partial charge in [0.05, 0.1) is 20.1 Å². The highest BCUT2D eigenvalue weighted by Crippen LogP contribution is 2.22. The molecule has 28 heavy (non-hydrogen) atoms. The lowest BCUT2D eigenvalue weighted by atomic mass is 9.90. The van der Waals surface area contributed by atoms with E-state index in [4.69, 9.17) is 4.74 Å². The van der Waals surface area contributed by atoms with E-state index in [-0.39, 0.29) is 18.4 Å². The third-order valence-corrected chi connectivity index (χ3v) is 5.19. The maximum Gasteiger partial charge on any atom is 0.243 e. The van der Waals surface area contributed by atoms with Gasteiger partial charge in [0.1, 0.15) is 5.75 Å². The third-order valence-electron chi connectivity index (χ3n) is 5.19. The number of fused-ring (bicyclic) bond motifs is 1. The second kappa shape index (κ2) is 9.40. The number of nitrogens with one attached hydrogen (secondary N) is 1. The molecule has 0 atom stereocenters. The Bertz CT molecular complexity index is 847. The number of nitrogens with zero attached hydrogens (tertiary/aromatic N) is 1. The summed E-state index contributed by atoms with van der Waals surface area (Å²) < 4.78 is 5.17. The van der Waals surface area contributed by atoms with Crippen molar-refractivity contribution in [3.63, 3.8) is 0 Å². The number of carbonyl (C=O) groups excluding carboxylic acids is 2. The first-order valence-corrected chi connectivity index (χ1v) is 9.91. The van der Waals surface area contributed by atoms with Crippen LogP contribution in [0.3, 0.4) is 0 Å². The zero-order chi connectivity index (χ0) is 19.9. The molecule has 0 bridgehead atoms. The largest absolute Gasteiger partial charge is 0.497 e. The second-order valence-corrected chi connectivity index (χ2v) is 7.17. The molecule has 0 aromatic heterocycles. The first-order chi connectivity index (χ1) is 13.6. The van der Waals surface area contributed by atoms with Gasteiger partial charge in [0, 0.05) is 18.3 Å². The number of hydrogen-bond acceptors (Lipinski definition) is 3. The maximum absolute atomic E-state index is 12.7. The van der Waals surface area contributed by atoms with E-state index in [9.17, 15) is 9.59 Å². The number of hydrogen-bond donors (Lipinski definition) is 1. The van der Waals surface area contributed by atoms with Gasteiger partial charge in [-0.1, -0.05) is 24.3 Å². The fourth-order valence-corrected chi connectivity index (χ4v) is 3.63. The van der Waals surface area contributed by atoms with Gasteiger partial charge in [-0.25, -0.2) is 0 Å². The van der Waals surface area contributed by atoms with Gasteiger partial charge < -0.3 is 15.0 Å². The smallest absolute Gasteiger partial charge is 0.243 e. The number of ether oxygens (including phenoxy) is 1. The van der Waals surface area contributed by atoms with Gasteiger partial charge in [-0.05, 0) is 61.4 Å². The van der Waals surface area contributed by atoms with Crippen molar-refractivity contribution in [1.29, 1.82) is 0 Å². The summed E-state index contributed by atoms with van der Waals surface area (Å²) in [4.78, 5) is 26.7. The van der Waals surface area contributed by atoms with E-state index >= 15 is 0 Å². The van der Waals surface area contributed by atoms with Crippen molar-refractivity contribution >= 4 is 17.5 Å². The first-order valence-electron chi connectivity index (χ1n) is 9.91. The SMILES string of the molecule is CCN(CC(=O)Nc1cccc(OC)c1)C(=O)Cc1ccc2c(c1)CCCC2. The van der Waals surface area contributed by atoms with Gasteiger partial charge in [-0.2, -0.15) is 0 Å². The summed E-state index contributed by atoms with van der Waals surface area (Å²) in [5, 5.41) is 2.83. The summed E-state index contributed by atoms with van der Waals surface area (Å²) in [5.74, 6) is 0.432. The molecule has 0 radical (unpaired) electrons. The fourth-order valence-electron chi connectivity index (χ4n) is 3.63. The lowest BCUT2D eigenvalue weighted by Gasteiger charge is -2.21. The average Bonchev–Trinajstić information content (AvgIpc) is 2.72. The lowest BCUT2D eigenvalue weighted by molar-refractivity contribution is -0.133. The minimum Gasteiger partial charge on any atom is -0.497 e. The van der Waals surface area contributed by atoms with Crippen LogP contribution in [0.1, 0.15) is 36.5 Å². The van der Waals surface area contributed by atoms with Crippen LogP contribution in [0.5, 0.6) is 5.75 Å². The van der Waals surface area contributed by atoms with Crippen molar-refractivity contribution in [2.24, 2.45) is 0 Å². The van der Waals surface area contributed by atoms with Gasteiger partial charge in [-0.3, -0.25) is 9.59 Å². The highest BCUT2D eigenvalue weighted by Gasteiger charge is 2.17. The zero-order valence-corrected chi connectivity index (χ0v) is 16.7. The van der Waals surface area contributed by atoms with E-state index < -0.39 is 0 Å². The van der Waals surface area contributed by atoms with Crippen molar-refractivity contribution in [1.82, 2.24) is 4.90 Å². The standard InChI is InChI=1S/C23H28N2O3/c1-3-25(16-22(26)24-20-9-6-10-21(15-20)28-2)23(27)14-17-11-12-18-7-4-5-8-19(18)13-17/h6,9-13,15H,3-5,7-8,14,16H2,1-2H3,(H,24,26). The van der Waals surface area contributed by atoms with Crippen LogP contribution in [0.4, 0.5) is 5.69 Å². The monoisotopic (exact) mass is 380 g/mol. The molecule has 0 fully saturated rings. The van der Waals surface area contributed by atoms with E-state index in [0.29, 0.717) is 24.4 Å². The summed E-state index contributed by atoms with van der Waals surface area (Å²) >= 11 is 0. The van der Waals surface area contributed by atoms with Crippen LogP contribution in [-0.4, -0.2) is 36.9 Å². The molecule has 0 aliphatic heterocycles. The first kappa shape index (κ1) is 19.9. The molecular weight excluding hydrogens is 352 g/mol. The van der Waals surface area contributed by atoms with Crippen LogP contribution >= 0.6 is 0 Å². The van der Waals surface area contributed by atoms with Gasteiger partial charge in [0.25, 0.3) is 0 Å². The molecule has 1 aliphatic carbocycles. The predicted octanol–water partition coefficient (Wildman–Crippen LogP) is 3.60. The lowest BCUT2D eigenvalue weighted by Crippen LogP contribution is -2.38. The topological polar surface area (TPSA) is 58.6 Å². The molecular formula is C23H28N2O3. The van der Waals surface area contributed by atoms with Crippen LogP contribution in [0.25, 0.3) is 0 Å². The summed E-state index contributed by atoms with van der Waals surface area (Å²) in [7, 11) is 1.58. The molecule has 0 saturated carbocycles. The number of benzene rings is 2. The van der Waals surface area contributed by atoms with Crippen molar-refractivity contribution < 1.29 is 14.3 Å². The average molecular weight is 380 g/mol. The molecule has 5 nitrogen and oxygen atoms in total. The Labute approximate surface area is 166 Å². The van der Waals surface area contributed by atoms with E-state index in [1.807, 2.05) is 25.1 Å². The van der Waals surface area contributed by atoms with E-state index in [1.165, 1.54) is 24.0 Å². The van der Waals surface area contributed by atoms with Gasteiger partial charge >= 0.3 is 0 Å². The summed E-state index contributed by atoms with van der Waals surface area (Å²) in [5.41, 5.74) is 4.46. The Morgan fingerprint density at radius 1 is 1.07 bits per heavy atom. The Morgan fingerprint density at radius 2 is 1.86 bits per heavy atom. The minimum absolute atomic E-state index is 0.0287. The van der Waals surface area contributed by atoms with Crippen LogP contribution < -0.4 is 10.1 Å². The maximum atomic E-state index is 12.7. The normalized spacial score (nSPS) is 12.8. The number of aryl methyl sites for hydroxylation is 2. The summed E-state index contributed by atoms with van der Waals surface area (Å²) in [6, 6.07) is 13.5. The number of rotatable bonds is 7. The van der Waals surface area contributed by atoms with Crippen LogP contribution in [0, 0.1) is 0 Å². The van der Waals surface area contributed by atoms with Crippen molar-refractivity contribution in [3.8, 4) is 5.75 Å². The van der Waals surface area contributed by atoms with Crippen molar-refractivity contribution in [2.75, 3.05) is 25.5 Å². The number of methoxy groups -OCH3 is 1. The third kappa shape index (κ3) is 5.12. The van der Waals surface area contributed by atoms with Crippen molar-refractivity contribution in [3.05, 3.63) is 59.2 Å². The molecule has 0 unspecified atom stereocenters. The van der Waals surface area contributed by atoms with Crippen LogP contribution in [-0.2, 0) is 28.9 Å². The van der Waals surface area contributed by atoms with Crippen LogP contribution in [0.2, 0.25) is 0 Å². The molecule has 0 heterocycles. The van der Waals surface area contributed by atoms with E-state index in [0.717, 1.165) is 18.4 Å². The van der Waals surface area contributed by atoms with Gasteiger partial charge in [-0.15, -0.1) is 0 Å². The van der Waals surface area contributed by atoms with Gasteiger partial charge in [0.2, 0.25) is 11.8 Å². The van der Waals surface area contributed by atoms with E-state index in [2.05, 4.69) is 17.4 Å². The molecule has 0 spiro atoms. The Kier molecular flexibility index (Phi) is 6.69. The highest BCUT2D eigenvalue weighted by atomic mass is 16.5. The molecule has 1 N–H and O–H groups in total. The van der Waals surface area contributed by atoms with Crippen molar-refractivity contribution in [2.45, 2.75) is 39.0 Å². The summed E-state index contributed by atoms with van der Waals surface area (Å²) in [6.45, 7) is 2.43. The molecule has 2 aromatic carbocycles. The molecule has 5 heteroatoms. The van der Waals surface area contributed by atoms with E-state index in [1.54, 1.807) is 24.1 Å². The number of amides is 2. The Morgan fingerprint density at radius 3 is 2.61 bits per heavy atom.